The van der Waals surface area contributed by atoms with E-state index in [1.807, 2.05) is 0 Å². The van der Waals surface area contributed by atoms with E-state index in [1.165, 1.54) is 29.2 Å². The van der Waals surface area contributed by atoms with E-state index in [4.69, 9.17) is 27.9 Å². The number of methoxy groups -OCH3 is 1. The van der Waals surface area contributed by atoms with Gasteiger partial charge in [0.1, 0.15) is 11.7 Å². The summed E-state index contributed by atoms with van der Waals surface area (Å²) < 4.78 is 4.96. The number of rotatable bonds is 6. The Morgan fingerprint density at radius 3 is 2.52 bits per heavy atom. The molecule has 0 saturated heterocycles. The van der Waals surface area contributed by atoms with Crippen molar-refractivity contribution in [2.75, 3.05) is 40.9 Å². The Balaban J connectivity index is 2.92. The van der Waals surface area contributed by atoms with E-state index in [0.29, 0.717) is 6.61 Å². The first-order chi connectivity index (χ1) is 9.86. The SMILES string of the molecule is COCCN(CC(=O)N(C)C)C(=O)c1cnc(Cl)c(Cl)c1. The van der Waals surface area contributed by atoms with Crippen molar-refractivity contribution in [2.24, 2.45) is 0 Å². The van der Waals surface area contributed by atoms with Crippen LogP contribution in [0.5, 0.6) is 0 Å². The van der Waals surface area contributed by atoms with Crippen LogP contribution < -0.4 is 0 Å². The van der Waals surface area contributed by atoms with Gasteiger partial charge in [-0.25, -0.2) is 4.98 Å². The molecular weight excluding hydrogens is 317 g/mol. The molecule has 0 spiro atoms. The number of carbonyl (C=O) groups is 2. The molecule has 1 heterocycles. The van der Waals surface area contributed by atoms with E-state index < -0.39 is 0 Å². The van der Waals surface area contributed by atoms with Crippen molar-refractivity contribution in [1.29, 1.82) is 0 Å². The molecule has 116 valence electrons. The molecule has 0 aromatic carbocycles. The number of pyridine rings is 1. The van der Waals surface area contributed by atoms with Crippen LogP contribution in [0, 0.1) is 0 Å². The molecule has 0 fully saturated rings. The van der Waals surface area contributed by atoms with Gasteiger partial charge in [0.2, 0.25) is 5.91 Å². The minimum absolute atomic E-state index is 0.0462. The average molecular weight is 334 g/mol. The summed E-state index contributed by atoms with van der Waals surface area (Å²) in [5.41, 5.74) is 0.270. The lowest BCUT2D eigenvalue weighted by molar-refractivity contribution is -0.129. The molecule has 8 heteroatoms. The minimum atomic E-state index is -0.353. The summed E-state index contributed by atoms with van der Waals surface area (Å²) in [5, 5.41) is 0.314. The second-order valence-electron chi connectivity index (χ2n) is 4.50. The highest BCUT2D eigenvalue weighted by molar-refractivity contribution is 6.41. The predicted octanol–water partition coefficient (Wildman–Crippen LogP) is 1.57. The van der Waals surface area contributed by atoms with Crippen LogP contribution in [0.15, 0.2) is 12.3 Å². The molecule has 6 nitrogen and oxygen atoms in total. The summed E-state index contributed by atoms with van der Waals surface area (Å²) in [5.74, 6) is -0.541. The number of carbonyl (C=O) groups excluding carboxylic acids is 2. The standard InChI is InChI=1S/C13H17Cl2N3O3/c1-17(2)11(19)8-18(4-5-21-3)13(20)9-6-10(14)12(15)16-7-9/h6-7H,4-5,8H2,1-3H3. The Morgan fingerprint density at radius 2 is 2.00 bits per heavy atom. The number of ether oxygens (including phenoxy) is 1. The molecular formula is C13H17Cl2N3O3. The van der Waals surface area contributed by atoms with Crippen LogP contribution in [0.25, 0.3) is 0 Å². The predicted molar refractivity (Wildman–Crippen MR) is 80.7 cm³/mol. The molecule has 0 bridgehead atoms. The fourth-order valence-corrected chi connectivity index (χ4v) is 1.75. The van der Waals surface area contributed by atoms with Crippen molar-refractivity contribution >= 4 is 35.0 Å². The zero-order chi connectivity index (χ0) is 16.0. The molecule has 0 unspecified atom stereocenters. The molecule has 0 aliphatic rings. The van der Waals surface area contributed by atoms with Gasteiger partial charge in [0.25, 0.3) is 5.91 Å². The summed E-state index contributed by atoms with van der Waals surface area (Å²) in [6, 6.07) is 1.43. The fraction of sp³-hybridized carbons (Fsp3) is 0.462. The quantitative estimate of drug-likeness (QED) is 0.741. The molecule has 0 aliphatic heterocycles. The van der Waals surface area contributed by atoms with Crippen molar-refractivity contribution < 1.29 is 14.3 Å². The van der Waals surface area contributed by atoms with E-state index in [9.17, 15) is 9.59 Å². The first kappa shape index (κ1) is 17.7. The van der Waals surface area contributed by atoms with Crippen molar-refractivity contribution in [1.82, 2.24) is 14.8 Å². The molecule has 1 rings (SSSR count). The summed E-state index contributed by atoms with van der Waals surface area (Å²) >= 11 is 11.6. The van der Waals surface area contributed by atoms with Gasteiger partial charge in [0.05, 0.1) is 17.2 Å². The maximum absolute atomic E-state index is 12.4. The number of likely N-dealkylation sites (N-methyl/N-ethyl adjacent to an activating group) is 1. The van der Waals surface area contributed by atoms with Crippen molar-refractivity contribution in [3.05, 3.63) is 28.0 Å². The zero-order valence-corrected chi connectivity index (χ0v) is 13.6. The van der Waals surface area contributed by atoms with Gasteiger partial charge in [-0.2, -0.15) is 0 Å². The number of aromatic nitrogens is 1. The molecule has 1 aromatic heterocycles. The fourth-order valence-electron chi connectivity index (χ4n) is 1.48. The molecule has 0 atom stereocenters. The monoisotopic (exact) mass is 333 g/mol. The Labute approximate surface area is 133 Å². The summed E-state index contributed by atoms with van der Waals surface area (Å²) in [7, 11) is 4.78. The van der Waals surface area contributed by atoms with Crippen LogP contribution in [0.4, 0.5) is 0 Å². The second kappa shape index (κ2) is 8.17. The summed E-state index contributed by atoms with van der Waals surface area (Å²) in [6.45, 7) is 0.561. The number of nitrogens with zero attached hydrogens (tertiary/aromatic N) is 3. The molecule has 0 saturated carbocycles. The third-order valence-corrected chi connectivity index (χ3v) is 3.41. The molecule has 0 radical (unpaired) electrons. The molecule has 2 amide bonds. The van der Waals surface area contributed by atoms with Gasteiger partial charge < -0.3 is 14.5 Å². The average Bonchev–Trinajstić information content (AvgIpc) is 2.45. The molecule has 21 heavy (non-hydrogen) atoms. The van der Waals surface area contributed by atoms with Crippen LogP contribution in [0.3, 0.4) is 0 Å². The third kappa shape index (κ3) is 5.15. The third-order valence-electron chi connectivity index (χ3n) is 2.72. The number of hydrogen-bond acceptors (Lipinski definition) is 4. The highest BCUT2D eigenvalue weighted by atomic mass is 35.5. The van der Waals surface area contributed by atoms with Gasteiger partial charge >= 0.3 is 0 Å². The lowest BCUT2D eigenvalue weighted by atomic mass is 10.2. The maximum atomic E-state index is 12.4. The van der Waals surface area contributed by atoms with Gasteiger partial charge in [-0.05, 0) is 6.07 Å². The first-order valence-electron chi connectivity index (χ1n) is 6.16. The van der Waals surface area contributed by atoms with Crippen LogP contribution in [-0.4, -0.2) is 67.5 Å². The largest absolute Gasteiger partial charge is 0.383 e. The maximum Gasteiger partial charge on any atom is 0.256 e. The Bertz CT molecular complexity index is 523. The highest BCUT2D eigenvalue weighted by Crippen LogP contribution is 2.20. The van der Waals surface area contributed by atoms with Crippen LogP contribution in [0.2, 0.25) is 10.2 Å². The molecule has 1 aromatic rings. The lowest BCUT2D eigenvalue weighted by Crippen LogP contribution is -2.41. The van der Waals surface area contributed by atoms with Gasteiger partial charge in [-0.1, -0.05) is 23.2 Å². The molecule has 0 N–H and O–H groups in total. The van der Waals surface area contributed by atoms with Gasteiger partial charge in [0.15, 0.2) is 0 Å². The lowest BCUT2D eigenvalue weighted by Gasteiger charge is -2.23. The number of amides is 2. The highest BCUT2D eigenvalue weighted by Gasteiger charge is 2.20. The normalized spacial score (nSPS) is 10.3. The van der Waals surface area contributed by atoms with E-state index in [1.54, 1.807) is 14.1 Å². The Kier molecular flexibility index (Phi) is 6.87. The van der Waals surface area contributed by atoms with Gasteiger partial charge in [-0.3, -0.25) is 9.59 Å². The first-order valence-corrected chi connectivity index (χ1v) is 6.91. The van der Waals surface area contributed by atoms with Gasteiger partial charge in [0, 0.05) is 33.9 Å². The van der Waals surface area contributed by atoms with Crippen LogP contribution in [-0.2, 0) is 9.53 Å². The number of hydrogen-bond donors (Lipinski definition) is 0. The van der Waals surface area contributed by atoms with Crippen molar-refractivity contribution in [2.45, 2.75) is 0 Å². The summed E-state index contributed by atoms with van der Waals surface area (Å²) in [6.07, 6.45) is 1.33. The Morgan fingerprint density at radius 1 is 1.33 bits per heavy atom. The minimum Gasteiger partial charge on any atom is -0.383 e. The van der Waals surface area contributed by atoms with Crippen molar-refractivity contribution in [3.63, 3.8) is 0 Å². The topological polar surface area (TPSA) is 62.7 Å². The van der Waals surface area contributed by atoms with Crippen LogP contribution >= 0.6 is 23.2 Å². The van der Waals surface area contributed by atoms with Gasteiger partial charge in [-0.15, -0.1) is 0 Å². The zero-order valence-electron chi connectivity index (χ0n) is 12.1. The van der Waals surface area contributed by atoms with E-state index >= 15 is 0 Å². The van der Waals surface area contributed by atoms with E-state index in [-0.39, 0.29) is 40.6 Å². The Hall–Kier alpha value is -1.37. The van der Waals surface area contributed by atoms with Crippen molar-refractivity contribution in [3.8, 4) is 0 Å². The van der Waals surface area contributed by atoms with Crippen LogP contribution in [0.1, 0.15) is 10.4 Å². The molecule has 0 aliphatic carbocycles. The smallest absolute Gasteiger partial charge is 0.256 e. The number of halogens is 2. The van der Waals surface area contributed by atoms with E-state index in [0.717, 1.165) is 0 Å². The second-order valence-corrected chi connectivity index (χ2v) is 5.27. The van der Waals surface area contributed by atoms with E-state index in [2.05, 4.69) is 4.98 Å². The summed E-state index contributed by atoms with van der Waals surface area (Å²) in [4.78, 5) is 30.9.